The summed E-state index contributed by atoms with van der Waals surface area (Å²) < 4.78 is 5.27. The van der Waals surface area contributed by atoms with E-state index in [-0.39, 0.29) is 0 Å². The van der Waals surface area contributed by atoms with Gasteiger partial charge in [0.25, 0.3) is 0 Å². The van der Waals surface area contributed by atoms with Gasteiger partial charge in [-0.25, -0.2) is 9.97 Å². The molecule has 0 aliphatic carbocycles. The molecule has 2 aromatic rings. The predicted octanol–water partition coefficient (Wildman–Crippen LogP) is 2.59. The minimum Gasteiger partial charge on any atom is -0.494 e. The van der Waals surface area contributed by atoms with Crippen LogP contribution in [0.1, 0.15) is 19.0 Å². The summed E-state index contributed by atoms with van der Waals surface area (Å²) in [6.45, 7) is 2.15. The molecule has 1 heterocycles. The minimum atomic E-state index is 0.812. The Hall–Kier alpha value is -1.64. The number of aromatic nitrogens is 2. The molecule has 78 valence electrons. The zero-order valence-electron chi connectivity index (χ0n) is 9.03. The van der Waals surface area contributed by atoms with E-state index in [2.05, 4.69) is 16.9 Å². The van der Waals surface area contributed by atoms with Crippen LogP contribution in [0.25, 0.3) is 10.9 Å². The molecule has 0 saturated carbocycles. The van der Waals surface area contributed by atoms with E-state index in [1.54, 1.807) is 13.4 Å². The molecular weight excluding hydrogens is 188 g/mol. The quantitative estimate of drug-likeness (QED) is 0.767. The van der Waals surface area contributed by atoms with Gasteiger partial charge in [-0.15, -0.1) is 0 Å². The Kier molecular flexibility index (Phi) is 2.81. The SMILES string of the molecule is CCCc1ncnc2c(OC)cccc12. The topological polar surface area (TPSA) is 35.0 Å². The molecule has 0 N–H and O–H groups in total. The van der Waals surface area contributed by atoms with E-state index >= 15 is 0 Å². The molecule has 0 spiro atoms. The maximum atomic E-state index is 5.27. The third-order valence-electron chi connectivity index (χ3n) is 2.42. The number of para-hydroxylation sites is 1. The molecule has 0 radical (unpaired) electrons. The van der Waals surface area contributed by atoms with Gasteiger partial charge in [0.2, 0.25) is 0 Å². The highest BCUT2D eigenvalue weighted by Gasteiger charge is 2.06. The number of hydrogen-bond acceptors (Lipinski definition) is 3. The molecule has 0 aliphatic rings. The molecule has 2 rings (SSSR count). The Morgan fingerprint density at radius 2 is 2.13 bits per heavy atom. The fourth-order valence-electron chi connectivity index (χ4n) is 1.71. The second kappa shape index (κ2) is 4.26. The van der Waals surface area contributed by atoms with E-state index in [1.807, 2.05) is 18.2 Å². The lowest BCUT2D eigenvalue weighted by Crippen LogP contribution is -1.95. The van der Waals surface area contributed by atoms with Crippen molar-refractivity contribution in [3.63, 3.8) is 0 Å². The molecular formula is C12H14N2O. The van der Waals surface area contributed by atoms with Gasteiger partial charge in [0.15, 0.2) is 0 Å². The number of rotatable bonds is 3. The van der Waals surface area contributed by atoms with E-state index in [9.17, 15) is 0 Å². The number of ether oxygens (including phenoxy) is 1. The molecule has 3 nitrogen and oxygen atoms in total. The van der Waals surface area contributed by atoms with Crippen LogP contribution < -0.4 is 4.74 Å². The van der Waals surface area contributed by atoms with Crippen molar-refractivity contribution in [1.29, 1.82) is 0 Å². The molecule has 3 heteroatoms. The Morgan fingerprint density at radius 1 is 1.27 bits per heavy atom. The number of benzene rings is 1. The normalized spacial score (nSPS) is 10.5. The fraction of sp³-hybridized carbons (Fsp3) is 0.333. The molecule has 1 aromatic carbocycles. The van der Waals surface area contributed by atoms with Crippen LogP contribution in [-0.4, -0.2) is 17.1 Å². The second-order valence-corrected chi connectivity index (χ2v) is 3.43. The van der Waals surface area contributed by atoms with Gasteiger partial charge in [-0.3, -0.25) is 0 Å². The summed E-state index contributed by atoms with van der Waals surface area (Å²) in [5.41, 5.74) is 2.00. The predicted molar refractivity (Wildman–Crippen MR) is 60.1 cm³/mol. The summed E-state index contributed by atoms with van der Waals surface area (Å²) in [5, 5.41) is 1.10. The third kappa shape index (κ3) is 1.77. The zero-order chi connectivity index (χ0) is 10.7. The highest BCUT2D eigenvalue weighted by Crippen LogP contribution is 2.24. The van der Waals surface area contributed by atoms with Crippen molar-refractivity contribution in [1.82, 2.24) is 9.97 Å². The van der Waals surface area contributed by atoms with E-state index < -0.39 is 0 Å². The molecule has 0 saturated heterocycles. The maximum Gasteiger partial charge on any atom is 0.145 e. The van der Waals surface area contributed by atoms with Crippen LogP contribution in [0, 0.1) is 0 Å². The summed E-state index contributed by atoms with van der Waals surface area (Å²) in [4.78, 5) is 8.56. The van der Waals surface area contributed by atoms with Crippen LogP contribution in [0.5, 0.6) is 5.75 Å². The van der Waals surface area contributed by atoms with Gasteiger partial charge in [-0.05, 0) is 12.5 Å². The van der Waals surface area contributed by atoms with Crippen LogP contribution in [-0.2, 0) is 6.42 Å². The van der Waals surface area contributed by atoms with Crippen LogP contribution in [0.2, 0.25) is 0 Å². The van der Waals surface area contributed by atoms with Gasteiger partial charge < -0.3 is 4.74 Å². The van der Waals surface area contributed by atoms with E-state index in [0.29, 0.717) is 0 Å². The van der Waals surface area contributed by atoms with Crippen molar-refractivity contribution in [2.24, 2.45) is 0 Å². The van der Waals surface area contributed by atoms with E-state index in [0.717, 1.165) is 35.2 Å². The average molecular weight is 202 g/mol. The summed E-state index contributed by atoms with van der Waals surface area (Å²) in [6.07, 6.45) is 3.67. The van der Waals surface area contributed by atoms with Gasteiger partial charge in [0.05, 0.1) is 12.8 Å². The standard InChI is InChI=1S/C12H14N2O/c1-3-5-10-9-6-4-7-11(15-2)12(9)14-8-13-10/h4,6-8H,3,5H2,1-2H3. The lowest BCUT2D eigenvalue weighted by Gasteiger charge is -2.06. The molecule has 0 fully saturated rings. The Labute approximate surface area is 89.1 Å². The monoisotopic (exact) mass is 202 g/mol. The zero-order valence-corrected chi connectivity index (χ0v) is 9.03. The molecule has 0 atom stereocenters. The Balaban J connectivity index is 2.65. The largest absolute Gasteiger partial charge is 0.494 e. The van der Waals surface area contributed by atoms with Crippen LogP contribution in [0.3, 0.4) is 0 Å². The first-order chi connectivity index (χ1) is 7.36. The van der Waals surface area contributed by atoms with Crippen molar-refractivity contribution in [2.45, 2.75) is 19.8 Å². The summed E-state index contributed by atoms with van der Waals surface area (Å²) >= 11 is 0. The van der Waals surface area contributed by atoms with Crippen molar-refractivity contribution in [3.05, 3.63) is 30.2 Å². The van der Waals surface area contributed by atoms with Gasteiger partial charge in [-0.1, -0.05) is 25.5 Å². The van der Waals surface area contributed by atoms with Gasteiger partial charge in [0, 0.05) is 5.39 Å². The molecule has 0 aliphatic heterocycles. The van der Waals surface area contributed by atoms with Crippen molar-refractivity contribution in [2.75, 3.05) is 7.11 Å². The molecule has 0 unspecified atom stereocenters. The Bertz CT molecular complexity index is 468. The van der Waals surface area contributed by atoms with E-state index in [4.69, 9.17) is 4.74 Å². The first kappa shape index (κ1) is 9.90. The molecule has 0 bridgehead atoms. The van der Waals surface area contributed by atoms with Crippen LogP contribution in [0.15, 0.2) is 24.5 Å². The maximum absolute atomic E-state index is 5.27. The number of hydrogen-bond donors (Lipinski definition) is 0. The van der Waals surface area contributed by atoms with Crippen molar-refractivity contribution < 1.29 is 4.74 Å². The third-order valence-corrected chi connectivity index (χ3v) is 2.42. The first-order valence-corrected chi connectivity index (χ1v) is 5.13. The van der Waals surface area contributed by atoms with Crippen LogP contribution in [0.4, 0.5) is 0 Å². The molecule has 1 aromatic heterocycles. The number of fused-ring (bicyclic) bond motifs is 1. The van der Waals surface area contributed by atoms with E-state index in [1.165, 1.54) is 0 Å². The average Bonchev–Trinajstić information content (AvgIpc) is 2.29. The van der Waals surface area contributed by atoms with Crippen molar-refractivity contribution >= 4 is 10.9 Å². The highest BCUT2D eigenvalue weighted by molar-refractivity contribution is 5.86. The second-order valence-electron chi connectivity index (χ2n) is 3.43. The Morgan fingerprint density at radius 3 is 2.87 bits per heavy atom. The minimum absolute atomic E-state index is 0.812. The molecule has 0 amide bonds. The summed E-state index contributed by atoms with van der Waals surface area (Å²) in [7, 11) is 1.66. The number of aryl methyl sites for hydroxylation is 1. The first-order valence-electron chi connectivity index (χ1n) is 5.13. The smallest absolute Gasteiger partial charge is 0.145 e. The van der Waals surface area contributed by atoms with Gasteiger partial charge >= 0.3 is 0 Å². The summed E-state index contributed by atoms with van der Waals surface area (Å²) in [6, 6.07) is 5.94. The fourth-order valence-corrected chi connectivity index (χ4v) is 1.71. The molecule has 15 heavy (non-hydrogen) atoms. The van der Waals surface area contributed by atoms with Crippen molar-refractivity contribution in [3.8, 4) is 5.75 Å². The van der Waals surface area contributed by atoms with Gasteiger partial charge in [-0.2, -0.15) is 0 Å². The summed E-state index contributed by atoms with van der Waals surface area (Å²) in [5.74, 6) is 0.812. The van der Waals surface area contributed by atoms with Gasteiger partial charge in [0.1, 0.15) is 17.6 Å². The number of nitrogens with zero attached hydrogens (tertiary/aromatic N) is 2. The highest BCUT2D eigenvalue weighted by atomic mass is 16.5. The lowest BCUT2D eigenvalue weighted by atomic mass is 10.1. The lowest BCUT2D eigenvalue weighted by molar-refractivity contribution is 0.419. The number of methoxy groups -OCH3 is 1. The van der Waals surface area contributed by atoms with Crippen LogP contribution >= 0.6 is 0 Å².